The van der Waals surface area contributed by atoms with E-state index in [1.165, 1.54) is 0 Å². The predicted molar refractivity (Wildman–Crippen MR) is 24.0 cm³/mol. The monoisotopic (exact) mass is 206 g/mol. The van der Waals surface area contributed by atoms with Gasteiger partial charge in [0.1, 0.15) is 0 Å². The average Bonchev–Trinajstić information content (AvgIpc) is 1.35. The summed E-state index contributed by atoms with van der Waals surface area (Å²) in [6.07, 6.45) is 0. The van der Waals surface area contributed by atoms with E-state index < -0.39 is 0 Å². The van der Waals surface area contributed by atoms with Gasteiger partial charge in [0.2, 0.25) is 6.80 Å². The summed E-state index contributed by atoms with van der Waals surface area (Å²) in [5.41, 5.74) is 0. The normalized spacial score (nSPS) is 10.3. The van der Waals surface area contributed by atoms with E-state index in [1.807, 2.05) is 0 Å². The van der Waals surface area contributed by atoms with Gasteiger partial charge >= 0.3 is 0 Å². The number of nitrogens with zero attached hydrogens (tertiary/aromatic N) is 1. The van der Waals surface area contributed by atoms with E-state index in [4.69, 9.17) is 0 Å². The molecule has 0 heterocycles. The fourth-order valence-electron chi connectivity index (χ4n) is 0. The fraction of sp³-hybridized carbons (Fsp3) is 1.00. The molecular formula is C4H11CdFN+. The Morgan fingerprint density at radius 3 is 1.43 bits per heavy atom. The number of hydrogen-bond acceptors (Lipinski definition) is 0. The van der Waals surface area contributed by atoms with Crippen molar-refractivity contribution in [2.24, 2.45) is 0 Å². The minimum atomic E-state index is -0.292. The molecule has 0 rings (SSSR count). The van der Waals surface area contributed by atoms with Gasteiger partial charge in [-0.2, -0.15) is 4.39 Å². The van der Waals surface area contributed by atoms with Crippen molar-refractivity contribution in [2.75, 3.05) is 27.9 Å². The Hall–Kier alpha value is 0.812. The van der Waals surface area contributed by atoms with Crippen LogP contribution in [0.5, 0.6) is 0 Å². The Morgan fingerprint density at radius 2 is 1.43 bits per heavy atom. The molecule has 0 aliphatic heterocycles. The minimum absolute atomic E-state index is 0. The number of alkyl halides is 1. The molecule has 0 aliphatic rings. The van der Waals surface area contributed by atoms with E-state index in [2.05, 4.69) is 0 Å². The maximum atomic E-state index is 11.5. The zero-order valence-electron chi connectivity index (χ0n) is 5.24. The summed E-state index contributed by atoms with van der Waals surface area (Å²) in [4.78, 5) is 0. The molecular weight excluding hydrogens is 193 g/mol. The van der Waals surface area contributed by atoms with Crippen LogP contribution in [0.4, 0.5) is 4.39 Å². The SMILES string of the molecule is C[N+](C)(C)CF.[Cd]. The zero-order chi connectivity index (χ0) is 5.21. The van der Waals surface area contributed by atoms with Crippen LogP contribution in [0.1, 0.15) is 0 Å². The van der Waals surface area contributed by atoms with Gasteiger partial charge in [-0.25, -0.2) is 0 Å². The molecule has 0 radical (unpaired) electrons. The number of hydrogen-bond donors (Lipinski definition) is 0. The van der Waals surface area contributed by atoms with Crippen molar-refractivity contribution in [3.63, 3.8) is 0 Å². The van der Waals surface area contributed by atoms with Crippen LogP contribution in [-0.4, -0.2) is 32.4 Å². The molecule has 3 heteroatoms. The van der Waals surface area contributed by atoms with E-state index in [-0.39, 0.29) is 34.1 Å². The van der Waals surface area contributed by atoms with E-state index in [9.17, 15) is 4.39 Å². The molecule has 0 saturated heterocycles. The van der Waals surface area contributed by atoms with Crippen LogP contribution in [0.2, 0.25) is 0 Å². The van der Waals surface area contributed by atoms with Gasteiger partial charge in [-0.3, -0.25) is 0 Å². The summed E-state index contributed by atoms with van der Waals surface area (Å²) in [7, 11) is 5.42. The Balaban J connectivity index is 0. The third-order valence-electron chi connectivity index (χ3n) is 0.359. The zero-order valence-corrected chi connectivity index (χ0v) is 9.28. The largest absolute Gasteiger partial charge is 0.305 e. The third kappa shape index (κ3) is 10.9. The summed E-state index contributed by atoms with van der Waals surface area (Å²) in [5.74, 6) is 0. The standard InChI is InChI=1S/C4H11FN.Cd/c1-6(2,3)4-5;/h4H2,1-3H3;/q+1;. The van der Waals surface area contributed by atoms with Gasteiger partial charge in [0.05, 0.1) is 21.1 Å². The summed E-state index contributed by atoms with van der Waals surface area (Å²) in [5, 5.41) is 0. The molecule has 0 spiro atoms. The Kier molecular flexibility index (Phi) is 5.78. The van der Waals surface area contributed by atoms with Crippen molar-refractivity contribution in [1.29, 1.82) is 0 Å². The van der Waals surface area contributed by atoms with Crippen molar-refractivity contribution in [3.05, 3.63) is 0 Å². The number of halogens is 1. The second-order valence-electron chi connectivity index (χ2n) is 2.41. The van der Waals surface area contributed by atoms with Crippen LogP contribution in [0, 0.1) is 0 Å². The van der Waals surface area contributed by atoms with Crippen molar-refractivity contribution in [2.45, 2.75) is 0 Å². The molecule has 0 N–H and O–H groups in total. The Morgan fingerprint density at radius 1 is 1.29 bits per heavy atom. The van der Waals surface area contributed by atoms with Gasteiger partial charge in [0, 0.05) is 27.3 Å². The molecule has 1 nitrogen and oxygen atoms in total. The molecule has 0 aromatic rings. The molecule has 0 aliphatic carbocycles. The smallest absolute Gasteiger partial charge is 0.221 e. The van der Waals surface area contributed by atoms with Gasteiger partial charge in [0.25, 0.3) is 0 Å². The maximum absolute atomic E-state index is 11.5. The van der Waals surface area contributed by atoms with E-state index in [0.29, 0.717) is 4.48 Å². The van der Waals surface area contributed by atoms with Crippen LogP contribution in [0.3, 0.4) is 0 Å². The second-order valence-corrected chi connectivity index (χ2v) is 2.41. The first-order chi connectivity index (χ1) is 2.56. The van der Waals surface area contributed by atoms with E-state index in [1.54, 1.807) is 21.1 Å². The van der Waals surface area contributed by atoms with Crippen molar-refractivity contribution in [3.8, 4) is 0 Å². The molecule has 0 atom stereocenters. The van der Waals surface area contributed by atoms with Gasteiger partial charge < -0.3 is 4.48 Å². The van der Waals surface area contributed by atoms with Crippen LogP contribution >= 0.6 is 0 Å². The third-order valence-corrected chi connectivity index (χ3v) is 0.359. The Bertz CT molecular complexity index is 41.4. The average molecular weight is 205 g/mol. The topological polar surface area (TPSA) is 0 Å². The van der Waals surface area contributed by atoms with E-state index in [0.717, 1.165) is 0 Å². The molecule has 0 aromatic heterocycles. The Labute approximate surface area is 64.3 Å². The quantitative estimate of drug-likeness (QED) is 0.334. The van der Waals surface area contributed by atoms with Crippen molar-refractivity contribution >= 4 is 0 Å². The molecule has 0 aromatic carbocycles. The maximum Gasteiger partial charge on any atom is 0.221 e. The van der Waals surface area contributed by atoms with Crippen LogP contribution in [-0.2, 0) is 27.3 Å². The van der Waals surface area contributed by atoms with Crippen LogP contribution < -0.4 is 0 Å². The van der Waals surface area contributed by atoms with Crippen LogP contribution in [0.25, 0.3) is 0 Å². The van der Waals surface area contributed by atoms with Crippen LogP contribution in [0.15, 0.2) is 0 Å². The first-order valence-corrected chi connectivity index (χ1v) is 1.93. The fourth-order valence-corrected chi connectivity index (χ4v) is 0. The molecule has 0 fully saturated rings. The van der Waals surface area contributed by atoms with Gasteiger partial charge in [-0.1, -0.05) is 0 Å². The molecule has 40 valence electrons. The molecule has 0 bridgehead atoms. The number of quaternary nitrogens is 1. The first-order valence-electron chi connectivity index (χ1n) is 1.93. The van der Waals surface area contributed by atoms with Gasteiger partial charge in [-0.05, 0) is 0 Å². The molecule has 0 saturated carbocycles. The molecule has 7 heavy (non-hydrogen) atoms. The second kappa shape index (κ2) is 3.77. The molecule has 0 amide bonds. The van der Waals surface area contributed by atoms with Gasteiger partial charge in [-0.15, -0.1) is 0 Å². The summed E-state index contributed by atoms with van der Waals surface area (Å²) < 4.78 is 11.9. The predicted octanol–water partition coefficient (Wildman–Crippen LogP) is 0.617. The summed E-state index contributed by atoms with van der Waals surface area (Å²) >= 11 is 0. The summed E-state index contributed by atoms with van der Waals surface area (Å²) in [6.45, 7) is -0.292. The van der Waals surface area contributed by atoms with Gasteiger partial charge in [0.15, 0.2) is 0 Å². The van der Waals surface area contributed by atoms with Crippen molar-refractivity contribution < 1.29 is 36.2 Å². The van der Waals surface area contributed by atoms with E-state index >= 15 is 0 Å². The minimum Gasteiger partial charge on any atom is -0.305 e. The number of rotatable bonds is 1. The van der Waals surface area contributed by atoms with Crippen molar-refractivity contribution in [1.82, 2.24) is 0 Å². The first kappa shape index (κ1) is 10.7. The summed E-state index contributed by atoms with van der Waals surface area (Å²) in [6, 6.07) is 0. The molecule has 0 unspecified atom stereocenters.